The molecule has 0 atom stereocenters. The summed E-state index contributed by atoms with van der Waals surface area (Å²) in [7, 11) is 0. The number of benzene rings is 3. The molecule has 1 nitrogen and oxygen atoms in total. The van der Waals surface area contributed by atoms with Crippen LogP contribution in [0.2, 0.25) is 0 Å². The largest absolute Gasteiger partial charge is 0.457 e. The third kappa shape index (κ3) is 6.66. The standard InChI is InChI=1S/C12H10O.C10H12/c1-3-7-11(8-4-1)13-12-9-5-2-6-10-12;1-2-3-7-10-8-5-4-6-9-10/h1-10H;3-9H,2H2,1H3. The van der Waals surface area contributed by atoms with Gasteiger partial charge in [-0.1, -0.05) is 85.8 Å². The molecule has 3 aromatic carbocycles. The summed E-state index contributed by atoms with van der Waals surface area (Å²) in [4.78, 5) is 0. The van der Waals surface area contributed by atoms with E-state index >= 15 is 0 Å². The van der Waals surface area contributed by atoms with E-state index in [0.29, 0.717) is 0 Å². The van der Waals surface area contributed by atoms with Crippen LogP contribution in [0.15, 0.2) is 97.1 Å². The molecule has 0 radical (unpaired) electrons. The van der Waals surface area contributed by atoms with Crippen molar-refractivity contribution in [1.29, 1.82) is 0 Å². The van der Waals surface area contributed by atoms with E-state index in [0.717, 1.165) is 17.9 Å². The highest BCUT2D eigenvalue weighted by Gasteiger charge is 1.92. The Balaban J connectivity index is 0.000000174. The van der Waals surface area contributed by atoms with E-state index in [9.17, 15) is 0 Å². The lowest BCUT2D eigenvalue weighted by molar-refractivity contribution is 0.482. The Morgan fingerprint density at radius 2 is 1.09 bits per heavy atom. The molecule has 0 aliphatic heterocycles. The molecular formula is C22H22O. The highest BCUT2D eigenvalue weighted by atomic mass is 16.5. The van der Waals surface area contributed by atoms with Crippen LogP contribution in [-0.4, -0.2) is 0 Å². The fourth-order valence-electron chi connectivity index (χ4n) is 1.93. The lowest BCUT2D eigenvalue weighted by atomic mass is 10.2. The van der Waals surface area contributed by atoms with Crippen LogP contribution in [0.1, 0.15) is 18.9 Å². The van der Waals surface area contributed by atoms with Crippen LogP contribution in [0, 0.1) is 0 Å². The van der Waals surface area contributed by atoms with Crippen molar-refractivity contribution in [2.75, 3.05) is 0 Å². The van der Waals surface area contributed by atoms with Crippen molar-refractivity contribution in [3.63, 3.8) is 0 Å². The maximum Gasteiger partial charge on any atom is 0.127 e. The number of ether oxygens (including phenoxy) is 1. The number of para-hydroxylation sites is 2. The minimum absolute atomic E-state index is 0.869. The molecule has 3 rings (SSSR count). The first-order valence-corrected chi connectivity index (χ1v) is 7.88. The van der Waals surface area contributed by atoms with Crippen LogP contribution < -0.4 is 4.74 Å². The van der Waals surface area contributed by atoms with Crippen molar-refractivity contribution in [3.05, 3.63) is 103 Å². The molecule has 0 heterocycles. The van der Waals surface area contributed by atoms with E-state index in [-0.39, 0.29) is 0 Å². The predicted molar refractivity (Wildman–Crippen MR) is 98.7 cm³/mol. The second-order valence-electron chi connectivity index (χ2n) is 4.95. The summed E-state index contributed by atoms with van der Waals surface area (Å²) < 4.78 is 5.58. The van der Waals surface area contributed by atoms with Crippen molar-refractivity contribution in [2.24, 2.45) is 0 Å². The van der Waals surface area contributed by atoms with Gasteiger partial charge in [0.05, 0.1) is 0 Å². The van der Waals surface area contributed by atoms with Gasteiger partial charge in [0.2, 0.25) is 0 Å². The lowest BCUT2D eigenvalue weighted by Crippen LogP contribution is -1.81. The van der Waals surface area contributed by atoms with Gasteiger partial charge >= 0.3 is 0 Å². The zero-order valence-electron chi connectivity index (χ0n) is 13.4. The summed E-state index contributed by atoms with van der Waals surface area (Å²) in [6.45, 7) is 2.14. The zero-order chi connectivity index (χ0) is 16.2. The smallest absolute Gasteiger partial charge is 0.127 e. The SMILES string of the molecule is CCC=Cc1ccccc1.c1ccc(Oc2ccccc2)cc1. The minimum Gasteiger partial charge on any atom is -0.457 e. The van der Waals surface area contributed by atoms with Gasteiger partial charge in [-0.2, -0.15) is 0 Å². The molecule has 0 unspecified atom stereocenters. The van der Waals surface area contributed by atoms with Gasteiger partial charge in [0.15, 0.2) is 0 Å². The van der Waals surface area contributed by atoms with Gasteiger partial charge in [-0.25, -0.2) is 0 Å². The second-order valence-corrected chi connectivity index (χ2v) is 4.95. The van der Waals surface area contributed by atoms with Gasteiger partial charge in [0.1, 0.15) is 11.5 Å². The maximum absolute atomic E-state index is 5.58. The summed E-state index contributed by atoms with van der Waals surface area (Å²) in [5, 5.41) is 0. The van der Waals surface area contributed by atoms with E-state index in [2.05, 4.69) is 43.3 Å². The van der Waals surface area contributed by atoms with Crippen LogP contribution in [-0.2, 0) is 0 Å². The van der Waals surface area contributed by atoms with E-state index in [4.69, 9.17) is 4.74 Å². The van der Waals surface area contributed by atoms with Gasteiger partial charge in [-0.15, -0.1) is 0 Å². The predicted octanol–water partition coefficient (Wildman–Crippen LogP) is 6.59. The van der Waals surface area contributed by atoms with Crippen LogP contribution >= 0.6 is 0 Å². The second kappa shape index (κ2) is 10.0. The molecule has 0 amide bonds. The summed E-state index contributed by atoms with van der Waals surface area (Å²) in [6, 6.07) is 29.9. The molecule has 23 heavy (non-hydrogen) atoms. The Bertz CT molecular complexity index is 635. The topological polar surface area (TPSA) is 9.23 Å². The molecule has 0 N–H and O–H groups in total. The minimum atomic E-state index is 0.869. The molecule has 0 fully saturated rings. The Hall–Kier alpha value is -2.80. The quantitative estimate of drug-likeness (QED) is 0.528. The molecule has 0 saturated heterocycles. The van der Waals surface area contributed by atoms with Gasteiger partial charge in [0.25, 0.3) is 0 Å². The lowest BCUT2D eigenvalue weighted by Gasteiger charge is -2.03. The molecule has 0 aliphatic carbocycles. The molecule has 0 aliphatic rings. The summed E-state index contributed by atoms with van der Waals surface area (Å²) in [6.07, 6.45) is 5.41. The molecule has 116 valence electrons. The molecule has 3 aromatic rings. The normalized spacial score (nSPS) is 9.96. The molecule has 1 heteroatoms. The van der Waals surface area contributed by atoms with Crippen LogP contribution in [0.5, 0.6) is 11.5 Å². The fraction of sp³-hybridized carbons (Fsp3) is 0.0909. The Labute approximate surface area is 138 Å². The first-order valence-electron chi connectivity index (χ1n) is 7.88. The highest BCUT2D eigenvalue weighted by molar-refractivity contribution is 5.48. The third-order valence-electron chi connectivity index (χ3n) is 3.07. The van der Waals surface area contributed by atoms with E-state index in [1.165, 1.54) is 5.56 Å². The maximum atomic E-state index is 5.58. The first kappa shape index (κ1) is 16.6. The number of rotatable bonds is 4. The Morgan fingerprint density at radius 3 is 1.52 bits per heavy atom. The van der Waals surface area contributed by atoms with E-state index in [1.807, 2.05) is 66.7 Å². The molecular weight excluding hydrogens is 280 g/mol. The Morgan fingerprint density at radius 1 is 0.652 bits per heavy atom. The van der Waals surface area contributed by atoms with E-state index in [1.54, 1.807) is 0 Å². The van der Waals surface area contributed by atoms with Crippen molar-refractivity contribution in [3.8, 4) is 11.5 Å². The van der Waals surface area contributed by atoms with Crippen molar-refractivity contribution < 1.29 is 4.74 Å². The summed E-state index contributed by atoms with van der Waals surface area (Å²) >= 11 is 0. The van der Waals surface area contributed by atoms with Gasteiger partial charge in [-0.05, 0) is 36.2 Å². The molecule has 0 aromatic heterocycles. The highest BCUT2D eigenvalue weighted by Crippen LogP contribution is 2.19. The first-order chi connectivity index (χ1) is 11.4. The van der Waals surface area contributed by atoms with Crippen molar-refractivity contribution in [1.82, 2.24) is 0 Å². The van der Waals surface area contributed by atoms with Crippen LogP contribution in [0.25, 0.3) is 6.08 Å². The summed E-state index contributed by atoms with van der Waals surface area (Å²) in [5.74, 6) is 1.74. The third-order valence-corrected chi connectivity index (χ3v) is 3.07. The van der Waals surface area contributed by atoms with E-state index < -0.39 is 0 Å². The molecule has 0 saturated carbocycles. The molecule has 0 spiro atoms. The number of hydrogen-bond acceptors (Lipinski definition) is 1. The average Bonchev–Trinajstić information content (AvgIpc) is 2.63. The van der Waals surface area contributed by atoms with Crippen molar-refractivity contribution in [2.45, 2.75) is 13.3 Å². The monoisotopic (exact) mass is 302 g/mol. The van der Waals surface area contributed by atoms with Crippen LogP contribution in [0.3, 0.4) is 0 Å². The zero-order valence-corrected chi connectivity index (χ0v) is 13.4. The average molecular weight is 302 g/mol. The van der Waals surface area contributed by atoms with Gasteiger partial charge in [0, 0.05) is 0 Å². The number of allylic oxidation sites excluding steroid dienone is 1. The number of hydrogen-bond donors (Lipinski definition) is 0. The fourth-order valence-corrected chi connectivity index (χ4v) is 1.93. The van der Waals surface area contributed by atoms with Crippen molar-refractivity contribution >= 4 is 6.08 Å². The van der Waals surface area contributed by atoms with Gasteiger partial charge < -0.3 is 4.74 Å². The Kier molecular flexibility index (Phi) is 7.21. The van der Waals surface area contributed by atoms with Gasteiger partial charge in [-0.3, -0.25) is 0 Å². The summed E-state index contributed by atoms with van der Waals surface area (Å²) in [5.41, 5.74) is 1.28. The van der Waals surface area contributed by atoms with Crippen LogP contribution in [0.4, 0.5) is 0 Å². The molecule has 0 bridgehead atoms.